The van der Waals surface area contributed by atoms with Crippen molar-refractivity contribution in [3.63, 3.8) is 0 Å². The molecule has 1 aromatic heterocycles. The molecule has 0 unspecified atom stereocenters. The first-order valence-corrected chi connectivity index (χ1v) is 19.1. The van der Waals surface area contributed by atoms with E-state index < -0.39 is 0 Å². The van der Waals surface area contributed by atoms with Crippen LogP contribution in [-0.2, 0) is 0 Å². The van der Waals surface area contributed by atoms with E-state index in [9.17, 15) is 0 Å². The van der Waals surface area contributed by atoms with E-state index in [1.807, 2.05) is 18.2 Å². The summed E-state index contributed by atoms with van der Waals surface area (Å²) in [5.41, 5.74) is 14.7. The molecule has 0 saturated heterocycles. The topological polar surface area (TPSA) is 16.4 Å². The maximum atomic E-state index is 6.21. The second-order valence-electron chi connectivity index (χ2n) is 14.2. The number of benzene rings is 9. The van der Waals surface area contributed by atoms with Gasteiger partial charge in [-0.05, 0) is 117 Å². The molecule has 0 spiro atoms. The standard InChI is InChI=1S/C54H37NO/c1-3-13-38(14-4-1)46-34-47(39-15-5-2-6-16-39)36-48(35-46)41-27-31-50(32-28-41)55(52-23-12-19-42-17-7-9-22-51(42)52)49-29-25-40(26-30-49)43-20-11-21-44(33-43)54-37-45-18-8-10-24-53(45)56-54/h1-37H. The molecule has 56 heavy (non-hydrogen) atoms. The van der Waals surface area contributed by atoms with Gasteiger partial charge < -0.3 is 9.32 Å². The van der Waals surface area contributed by atoms with Crippen LogP contribution >= 0.6 is 0 Å². The summed E-state index contributed by atoms with van der Waals surface area (Å²) in [7, 11) is 0. The third-order valence-electron chi connectivity index (χ3n) is 10.6. The minimum atomic E-state index is 0.873. The molecule has 0 saturated carbocycles. The summed E-state index contributed by atoms with van der Waals surface area (Å²) in [5, 5.41) is 3.51. The van der Waals surface area contributed by atoms with Crippen LogP contribution in [0.15, 0.2) is 229 Å². The minimum absolute atomic E-state index is 0.873. The molecule has 0 amide bonds. The molecule has 0 fully saturated rings. The molecule has 264 valence electrons. The smallest absolute Gasteiger partial charge is 0.135 e. The fourth-order valence-electron chi connectivity index (χ4n) is 7.80. The quantitative estimate of drug-likeness (QED) is 0.156. The van der Waals surface area contributed by atoms with Gasteiger partial charge in [0.05, 0.1) is 5.69 Å². The molecular weight excluding hydrogens is 679 g/mol. The van der Waals surface area contributed by atoms with Crippen LogP contribution < -0.4 is 4.90 Å². The van der Waals surface area contributed by atoms with Gasteiger partial charge in [0, 0.05) is 27.7 Å². The highest BCUT2D eigenvalue weighted by molar-refractivity contribution is 5.99. The van der Waals surface area contributed by atoms with E-state index in [-0.39, 0.29) is 0 Å². The Labute approximate surface area is 327 Å². The zero-order valence-corrected chi connectivity index (χ0v) is 30.7. The van der Waals surface area contributed by atoms with Crippen molar-refractivity contribution in [2.75, 3.05) is 4.90 Å². The van der Waals surface area contributed by atoms with Crippen LogP contribution in [0.5, 0.6) is 0 Å². The maximum Gasteiger partial charge on any atom is 0.135 e. The molecule has 2 heteroatoms. The molecule has 10 rings (SSSR count). The van der Waals surface area contributed by atoms with Gasteiger partial charge in [-0.3, -0.25) is 0 Å². The molecule has 0 atom stereocenters. The Bertz CT molecular complexity index is 2850. The predicted molar refractivity (Wildman–Crippen MR) is 236 cm³/mol. The summed E-state index contributed by atoms with van der Waals surface area (Å²) >= 11 is 0. The highest BCUT2D eigenvalue weighted by Gasteiger charge is 2.17. The van der Waals surface area contributed by atoms with E-state index in [1.165, 1.54) is 44.2 Å². The molecule has 9 aromatic carbocycles. The number of furan rings is 1. The maximum absolute atomic E-state index is 6.21. The van der Waals surface area contributed by atoms with Crippen LogP contribution in [0.2, 0.25) is 0 Å². The normalized spacial score (nSPS) is 11.2. The van der Waals surface area contributed by atoms with Crippen LogP contribution in [-0.4, -0.2) is 0 Å². The first kappa shape index (κ1) is 33.2. The molecule has 10 aromatic rings. The molecule has 0 aliphatic heterocycles. The predicted octanol–water partition coefficient (Wildman–Crippen LogP) is 15.4. The van der Waals surface area contributed by atoms with Crippen LogP contribution in [0, 0.1) is 0 Å². The largest absolute Gasteiger partial charge is 0.456 e. The van der Waals surface area contributed by atoms with E-state index in [0.717, 1.165) is 50.5 Å². The Morgan fingerprint density at radius 1 is 0.286 bits per heavy atom. The average Bonchev–Trinajstić information content (AvgIpc) is 3.72. The van der Waals surface area contributed by atoms with Gasteiger partial charge in [-0.2, -0.15) is 0 Å². The molecule has 1 heterocycles. The molecule has 2 nitrogen and oxygen atoms in total. The number of hydrogen-bond donors (Lipinski definition) is 0. The lowest BCUT2D eigenvalue weighted by Gasteiger charge is -2.27. The summed E-state index contributed by atoms with van der Waals surface area (Å²) < 4.78 is 6.21. The zero-order chi connectivity index (χ0) is 37.3. The lowest BCUT2D eigenvalue weighted by Crippen LogP contribution is -2.10. The van der Waals surface area contributed by atoms with Gasteiger partial charge in [0.25, 0.3) is 0 Å². The molecule has 0 aliphatic carbocycles. The second kappa shape index (κ2) is 14.4. The van der Waals surface area contributed by atoms with E-state index in [0.29, 0.717) is 0 Å². The summed E-state index contributed by atoms with van der Waals surface area (Å²) in [6, 6.07) is 80.1. The number of nitrogens with zero attached hydrogens (tertiary/aromatic N) is 1. The molecule has 0 bridgehead atoms. The van der Waals surface area contributed by atoms with Gasteiger partial charge in [-0.15, -0.1) is 0 Å². The van der Waals surface area contributed by atoms with Crippen molar-refractivity contribution in [1.29, 1.82) is 0 Å². The molecular formula is C54H37NO. The van der Waals surface area contributed by atoms with Crippen LogP contribution in [0.4, 0.5) is 17.1 Å². The molecule has 0 N–H and O–H groups in total. The van der Waals surface area contributed by atoms with Gasteiger partial charge in [0.15, 0.2) is 0 Å². The number of fused-ring (bicyclic) bond motifs is 2. The van der Waals surface area contributed by atoms with Gasteiger partial charge >= 0.3 is 0 Å². The second-order valence-corrected chi connectivity index (χ2v) is 14.2. The summed E-state index contributed by atoms with van der Waals surface area (Å²) in [6.07, 6.45) is 0. The SMILES string of the molecule is c1ccc(-c2cc(-c3ccccc3)cc(-c3ccc(N(c4ccc(-c5cccc(-c6cc7ccccc7o6)c5)cc4)c4cccc5ccccc45)cc3)c2)cc1. The van der Waals surface area contributed by atoms with Gasteiger partial charge in [-0.1, -0.05) is 158 Å². The zero-order valence-electron chi connectivity index (χ0n) is 30.7. The fraction of sp³-hybridized carbons (Fsp3) is 0. The number of hydrogen-bond acceptors (Lipinski definition) is 2. The Balaban J connectivity index is 1.03. The monoisotopic (exact) mass is 715 g/mol. The molecule has 0 radical (unpaired) electrons. The summed E-state index contributed by atoms with van der Waals surface area (Å²) in [6.45, 7) is 0. The lowest BCUT2D eigenvalue weighted by molar-refractivity contribution is 0.631. The van der Waals surface area contributed by atoms with Gasteiger partial charge in [0.2, 0.25) is 0 Å². The number of para-hydroxylation sites is 1. The van der Waals surface area contributed by atoms with E-state index in [2.05, 4.69) is 211 Å². The molecule has 0 aliphatic rings. The van der Waals surface area contributed by atoms with Crippen molar-refractivity contribution in [2.45, 2.75) is 0 Å². The van der Waals surface area contributed by atoms with Crippen molar-refractivity contribution < 1.29 is 4.42 Å². The van der Waals surface area contributed by atoms with E-state index >= 15 is 0 Å². The Hall–Kier alpha value is -7.42. The summed E-state index contributed by atoms with van der Waals surface area (Å²) in [4.78, 5) is 2.37. The van der Waals surface area contributed by atoms with Gasteiger partial charge in [0.1, 0.15) is 11.3 Å². The lowest BCUT2D eigenvalue weighted by atomic mass is 9.93. The first-order chi connectivity index (χ1) is 27.7. The van der Waals surface area contributed by atoms with Crippen molar-refractivity contribution in [1.82, 2.24) is 0 Å². The highest BCUT2D eigenvalue weighted by atomic mass is 16.3. The van der Waals surface area contributed by atoms with Gasteiger partial charge in [-0.25, -0.2) is 0 Å². The van der Waals surface area contributed by atoms with Crippen molar-refractivity contribution >= 4 is 38.8 Å². The third-order valence-corrected chi connectivity index (χ3v) is 10.6. The first-order valence-electron chi connectivity index (χ1n) is 19.1. The van der Waals surface area contributed by atoms with Crippen molar-refractivity contribution in [3.8, 4) is 55.8 Å². The minimum Gasteiger partial charge on any atom is -0.456 e. The fourth-order valence-corrected chi connectivity index (χ4v) is 7.80. The Morgan fingerprint density at radius 2 is 0.732 bits per heavy atom. The van der Waals surface area contributed by atoms with E-state index in [4.69, 9.17) is 4.42 Å². The summed E-state index contributed by atoms with van der Waals surface area (Å²) in [5.74, 6) is 0.873. The Kier molecular flexibility index (Phi) is 8.55. The van der Waals surface area contributed by atoms with E-state index in [1.54, 1.807) is 0 Å². The number of rotatable bonds is 8. The van der Waals surface area contributed by atoms with Crippen LogP contribution in [0.3, 0.4) is 0 Å². The highest BCUT2D eigenvalue weighted by Crippen LogP contribution is 2.41. The van der Waals surface area contributed by atoms with Crippen LogP contribution in [0.1, 0.15) is 0 Å². The Morgan fingerprint density at radius 3 is 1.36 bits per heavy atom. The number of anilines is 3. The van der Waals surface area contributed by atoms with Crippen molar-refractivity contribution in [3.05, 3.63) is 224 Å². The average molecular weight is 716 g/mol. The van der Waals surface area contributed by atoms with Crippen molar-refractivity contribution in [2.24, 2.45) is 0 Å². The van der Waals surface area contributed by atoms with Crippen LogP contribution in [0.25, 0.3) is 77.6 Å². The third kappa shape index (κ3) is 6.44.